The highest BCUT2D eigenvalue weighted by Gasteiger charge is 2.21. The van der Waals surface area contributed by atoms with Gasteiger partial charge in [-0.25, -0.2) is 9.37 Å². The Hall–Kier alpha value is -2.42. The van der Waals surface area contributed by atoms with Crippen molar-refractivity contribution >= 4 is 44.2 Å². The van der Waals surface area contributed by atoms with Crippen molar-refractivity contribution in [3.8, 4) is 5.75 Å². The van der Waals surface area contributed by atoms with Crippen LogP contribution in [0.1, 0.15) is 10.4 Å². The van der Waals surface area contributed by atoms with Gasteiger partial charge in [0.05, 0.1) is 16.8 Å². The number of benzene rings is 2. The predicted molar refractivity (Wildman–Crippen MR) is 119 cm³/mol. The topological polar surface area (TPSA) is 57.7 Å². The molecule has 1 aliphatic heterocycles. The van der Waals surface area contributed by atoms with Gasteiger partial charge in [0.1, 0.15) is 11.3 Å². The van der Waals surface area contributed by atoms with E-state index in [2.05, 4.69) is 15.1 Å². The molecule has 0 atom stereocenters. The molecule has 2 aromatic carbocycles. The number of thiazole rings is 1. The number of fused-ring (bicyclic) bond motifs is 1. The van der Waals surface area contributed by atoms with Crippen molar-refractivity contribution in [2.45, 2.75) is 0 Å². The highest BCUT2D eigenvalue weighted by molar-refractivity contribution is 7.22. The van der Waals surface area contributed by atoms with E-state index in [0.29, 0.717) is 22.9 Å². The van der Waals surface area contributed by atoms with Crippen molar-refractivity contribution in [1.29, 1.82) is 0 Å². The van der Waals surface area contributed by atoms with Crippen LogP contribution < -0.4 is 15.0 Å². The highest BCUT2D eigenvalue weighted by atomic mass is 35.5. The zero-order valence-electron chi connectivity index (χ0n) is 16.5. The van der Waals surface area contributed by atoms with Gasteiger partial charge in [0.15, 0.2) is 10.9 Å². The third kappa shape index (κ3) is 4.50. The predicted octanol–water partition coefficient (Wildman–Crippen LogP) is 3.65. The number of methoxy groups -OCH3 is 1. The molecule has 0 bridgehead atoms. The Bertz CT molecular complexity index is 1050. The molecular weight excluding hydrogens is 427 g/mol. The molecule has 1 saturated heterocycles. The number of nitrogens with one attached hydrogen (secondary N) is 1. The fourth-order valence-electron chi connectivity index (χ4n) is 3.49. The summed E-state index contributed by atoms with van der Waals surface area (Å²) in [6.07, 6.45) is 0. The lowest BCUT2D eigenvalue weighted by Gasteiger charge is -2.34. The molecule has 0 unspecified atom stereocenters. The SMILES string of the molecule is COc1c(Cl)ccc2sc(N3CCN(CCNC(=O)c4cccc(F)c4)CC3)nc12. The summed E-state index contributed by atoms with van der Waals surface area (Å²) in [5.41, 5.74) is 1.14. The number of ether oxygens (including phenoxy) is 1. The van der Waals surface area contributed by atoms with Crippen LogP contribution in [0, 0.1) is 5.82 Å². The Balaban J connectivity index is 1.29. The summed E-state index contributed by atoms with van der Waals surface area (Å²) in [7, 11) is 1.60. The summed E-state index contributed by atoms with van der Waals surface area (Å²) in [5.74, 6) is -0.0481. The second-order valence-corrected chi connectivity index (χ2v) is 8.44. The molecule has 1 amide bonds. The molecule has 0 aliphatic carbocycles. The zero-order valence-corrected chi connectivity index (χ0v) is 18.1. The van der Waals surface area contributed by atoms with Gasteiger partial charge >= 0.3 is 0 Å². The number of hydrogen-bond donors (Lipinski definition) is 1. The van der Waals surface area contributed by atoms with Crippen LogP contribution >= 0.6 is 22.9 Å². The van der Waals surface area contributed by atoms with Crippen LogP contribution in [0.15, 0.2) is 36.4 Å². The molecule has 4 rings (SSSR count). The number of piperazine rings is 1. The van der Waals surface area contributed by atoms with Crippen molar-refractivity contribution in [3.05, 3.63) is 52.8 Å². The van der Waals surface area contributed by atoms with Gasteiger partial charge in [-0.15, -0.1) is 0 Å². The number of amides is 1. The third-order valence-corrected chi connectivity index (χ3v) is 6.48. The molecule has 1 aromatic heterocycles. The number of aromatic nitrogens is 1. The molecule has 0 spiro atoms. The van der Waals surface area contributed by atoms with Gasteiger partial charge in [0, 0.05) is 44.8 Å². The third-order valence-electron chi connectivity index (χ3n) is 5.10. The van der Waals surface area contributed by atoms with E-state index in [4.69, 9.17) is 21.3 Å². The standard InChI is InChI=1S/C21H22ClFN4O2S/c1-29-19-16(22)5-6-17-18(19)25-21(30-17)27-11-9-26(10-12-27)8-7-24-20(28)14-3-2-4-15(23)13-14/h2-6,13H,7-12H2,1H3,(H,24,28). The van der Waals surface area contributed by atoms with Gasteiger partial charge < -0.3 is 15.0 Å². The first-order chi connectivity index (χ1) is 14.5. The van der Waals surface area contributed by atoms with E-state index in [1.54, 1.807) is 24.5 Å². The first-order valence-electron chi connectivity index (χ1n) is 9.69. The second kappa shape index (κ2) is 9.16. The lowest BCUT2D eigenvalue weighted by Crippen LogP contribution is -2.48. The summed E-state index contributed by atoms with van der Waals surface area (Å²) in [6, 6.07) is 9.52. The van der Waals surface area contributed by atoms with Crippen molar-refractivity contribution in [3.63, 3.8) is 0 Å². The number of carbonyl (C=O) groups excluding carboxylic acids is 1. The fraction of sp³-hybridized carbons (Fsp3) is 0.333. The normalized spacial score (nSPS) is 14.8. The van der Waals surface area contributed by atoms with Crippen LogP contribution in [0.4, 0.5) is 9.52 Å². The molecule has 1 aliphatic rings. The number of halogens is 2. The van der Waals surface area contributed by atoms with E-state index in [1.165, 1.54) is 18.2 Å². The molecule has 1 N–H and O–H groups in total. The largest absolute Gasteiger partial charge is 0.493 e. The van der Waals surface area contributed by atoms with Crippen LogP contribution in [0.5, 0.6) is 5.75 Å². The van der Waals surface area contributed by atoms with E-state index in [-0.39, 0.29) is 5.91 Å². The Labute approximate surface area is 183 Å². The van der Waals surface area contributed by atoms with Gasteiger partial charge in [-0.2, -0.15) is 0 Å². The minimum Gasteiger partial charge on any atom is -0.493 e. The molecule has 6 nitrogen and oxygen atoms in total. The average Bonchev–Trinajstić information content (AvgIpc) is 3.18. The average molecular weight is 449 g/mol. The quantitative estimate of drug-likeness (QED) is 0.623. The molecule has 158 valence electrons. The number of carbonyl (C=O) groups is 1. The summed E-state index contributed by atoms with van der Waals surface area (Å²) >= 11 is 7.84. The van der Waals surface area contributed by atoms with E-state index < -0.39 is 5.82 Å². The van der Waals surface area contributed by atoms with Crippen LogP contribution in [0.3, 0.4) is 0 Å². The number of rotatable bonds is 6. The van der Waals surface area contributed by atoms with E-state index in [0.717, 1.165) is 48.1 Å². The molecule has 1 fully saturated rings. The fourth-order valence-corrected chi connectivity index (χ4v) is 4.73. The number of hydrogen-bond acceptors (Lipinski definition) is 6. The maximum Gasteiger partial charge on any atom is 0.251 e. The monoisotopic (exact) mass is 448 g/mol. The van der Waals surface area contributed by atoms with Crippen molar-refractivity contribution < 1.29 is 13.9 Å². The number of anilines is 1. The lowest BCUT2D eigenvalue weighted by atomic mass is 10.2. The Morgan fingerprint density at radius 2 is 2.07 bits per heavy atom. The summed E-state index contributed by atoms with van der Waals surface area (Å²) < 4.78 is 19.7. The van der Waals surface area contributed by atoms with Crippen LogP contribution in [-0.2, 0) is 0 Å². The molecular formula is C21H22ClFN4O2S. The maximum absolute atomic E-state index is 13.2. The highest BCUT2D eigenvalue weighted by Crippen LogP contribution is 2.38. The molecule has 2 heterocycles. The molecule has 9 heteroatoms. The zero-order chi connectivity index (χ0) is 21.1. The lowest BCUT2D eigenvalue weighted by molar-refractivity contribution is 0.0947. The first kappa shape index (κ1) is 20.8. The smallest absolute Gasteiger partial charge is 0.251 e. The summed E-state index contributed by atoms with van der Waals surface area (Å²) in [5, 5.41) is 4.38. The van der Waals surface area contributed by atoms with Crippen LogP contribution in [0.2, 0.25) is 5.02 Å². The first-order valence-corrected chi connectivity index (χ1v) is 10.9. The summed E-state index contributed by atoms with van der Waals surface area (Å²) in [6.45, 7) is 4.74. The Morgan fingerprint density at radius 3 is 2.80 bits per heavy atom. The maximum atomic E-state index is 13.2. The van der Waals surface area contributed by atoms with E-state index in [1.807, 2.05) is 12.1 Å². The van der Waals surface area contributed by atoms with Crippen molar-refractivity contribution in [2.24, 2.45) is 0 Å². The molecule has 0 radical (unpaired) electrons. The second-order valence-electron chi connectivity index (χ2n) is 7.02. The Kier molecular flexibility index (Phi) is 6.36. The van der Waals surface area contributed by atoms with Crippen molar-refractivity contribution in [1.82, 2.24) is 15.2 Å². The summed E-state index contributed by atoms with van der Waals surface area (Å²) in [4.78, 5) is 21.4. The molecule has 0 saturated carbocycles. The van der Waals surface area contributed by atoms with Crippen LogP contribution in [0.25, 0.3) is 10.2 Å². The molecule has 3 aromatic rings. The van der Waals surface area contributed by atoms with Gasteiger partial charge in [0.25, 0.3) is 5.91 Å². The van der Waals surface area contributed by atoms with Gasteiger partial charge in [-0.3, -0.25) is 9.69 Å². The van der Waals surface area contributed by atoms with Gasteiger partial charge in [0.2, 0.25) is 0 Å². The number of nitrogens with zero attached hydrogens (tertiary/aromatic N) is 3. The van der Waals surface area contributed by atoms with Crippen molar-refractivity contribution in [2.75, 3.05) is 51.3 Å². The minimum atomic E-state index is -0.409. The van der Waals surface area contributed by atoms with Gasteiger partial charge in [-0.1, -0.05) is 29.0 Å². The Morgan fingerprint density at radius 1 is 1.27 bits per heavy atom. The van der Waals surface area contributed by atoms with Crippen LogP contribution in [-0.4, -0.2) is 62.2 Å². The van der Waals surface area contributed by atoms with E-state index in [9.17, 15) is 9.18 Å². The van der Waals surface area contributed by atoms with E-state index >= 15 is 0 Å². The molecule has 30 heavy (non-hydrogen) atoms. The minimum absolute atomic E-state index is 0.254. The van der Waals surface area contributed by atoms with Gasteiger partial charge in [-0.05, 0) is 30.3 Å².